The van der Waals surface area contributed by atoms with Gasteiger partial charge in [-0.15, -0.1) is 0 Å². The number of carbonyl (C=O) groups is 1. The lowest BCUT2D eigenvalue weighted by Crippen LogP contribution is -2.41. The molecular formula is C11H20N4O. The van der Waals surface area contributed by atoms with E-state index in [1.807, 2.05) is 20.9 Å². The Morgan fingerprint density at radius 3 is 2.56 bits per heavy atom. The number of hydrogen-bond acceptors (Lipinski definition) is 3. The van der Waals surface area contributed by atoms with Gasteiger partial charge >= 0.3 is 0 Å². The molecule has 0 saturated carbocycles. The van der Waals surface area contributed by atoms with Crippen LogP contribution in [-0.4, -0.2) is 22.2 Å². The summed E-state index contributed by atoms with van der Waals surface area (Å²) in [7, 11) is 1.81. The molecule has 0 fully saturated rings. The largest absolute Gasteiger partial charge is 0.329 e. The van der Waals surface area contributed by atoms with Crippen LogP contribution in [0.3, 0.4) is 0 Å². The summed E-state index contributed by atoms with van der Waals surface area (Å²) in [6.07, 6.45) is 3.26. The number of nitrogens with zero attached hydrogens (tertiary/aromatic N) is 2. The SMILES string of the molecule is CCC(CC)(CN)C(=O)Nc1ccn(C)n1. The average molecular weight is 224 g/mol. The predicted octanol–water partition coefficient (Wildman–Crippen LogP) is 1.12. The molecule has 0 aliphatic rings. The van der Waals surface area contributed by atoms with Crippen LogP contribution in [0.4, 0.5) is 5.82 Å². The third kappa shape index (κ3) is 2.41. The van der Waals surface area contributed by atoms with Crippen LogP contribution >= 0.6 is 0 Å². The fraction of sp³-hybridized carbons (Fsp3) is 0.636. The number of rotatable bonds is 5. The first-order chi connectivity index (χ1) is 7.57. The second-order valence-corrected chi connectivity index (χ2v) is 4.02. The molecular weight excluding hydrogens is 204 g/mol. The summed E-state index contributed by atoms with van der Waals surface area (Å²) >= 11 is 0. The van der Waals surface area contributed by atoms with E-state index in [0.717, 1.165) is 12.8 Å². The normalized spacial score (nSPS) is 11.5. The van der Waals surface area contributed by atoms with Gasteiger partial charge in [-0.05, 0) is 12.8 Å². The molecule has 1 amide bonds. The maximum atomic E-state index is 12.1. The second kappa shape index (κ2) is 5.12. The second-order valence-electron chi connectivity index (χ2n) is 4.02. The van der Waals surface area contributed by atoms with Crippen molar-refractivity contribution < 1.29 is 4.79 Å². The third-order valence-corrected chi connectivity index (χ3v) is 3.18. The van der Waals surface area contributed by atoms with Gasteiger partial charge in [0.15, 0.2) is 5.82 Å². The van der Waals surface area contributed by atoms with Gasteiger partial charge in [-0.1, -0.05) is 13.8 Å². The van der Waals surface area contributed by atoms with Crippen molar-refractivity contribution in [1.29, 1.82) is 0 Å². The van der Waals surface area contributed by atoms with E-state index in [-0.39, 0.29) is 5.91 Å². The molecule has 90 valence electrons. The van der Waals surface area contributed by atoms with E-state index < -0.39 is 5.41 Å². The summed E-state index contributed by atoms with van der Waals surface area (Å²) in [6.45, 7) is 4.32. The molecule has 0 radical (unpaired) electrons. The van der Waals surface area contributed by atoms with Crippen molar-refractivity contribution in [2.75, 3.05) is 11.9 Å². The number of carbonyl (C=O) groups excluding carboxylic acids is 1. The number of amides is 1. The van der Waals surface area contributed by atoms with Crippen molar-refractivity contribution in [2.24, 2.45) is 18.2 Å². The standard InChI is InChI=1S/C11H20N4O/c1-4-11(5-2,8-12)10(16)13-9-6-7-15(3)14-9/h6-7H,4-5,8,12H2,1-3H3,(H,13,14,16). The molecule has 5 heteroatoms. The van der Waals surface area contributed by atoms with Crippen molar-refractivity contribution in [3.05, 3.63) is 12.3 Å². The first kappa shape index (κ1) is 12.7. The number of nitrogens with two attached hydrogens (primary N) is 1. The molecule has 0 unspecified atom stereocenters. The summed E-state index contributed by atoms with van der Waals surface area (Å²) in [5, 5.41) is 6.92. The molecule has 5 nitrogen and oxygen atoms in total. The number of anilines is 1. The van der Waals surface area contributed by atoms with Crippen LogP contribution in [0.2, 0.25) is 0 Å². The highest BCUT2D eigenvalue weighted by atomic mass is 16.2. The minimum atomic E-state index is -0.475. The molecule has 0 saturated heterocycles. The summed E-state index contributed by atoms with van der Waals surface area (Å²) in [4.78, 5) is 12.1. The molecule has 0 bridgehead atoms. The first-order valence-corrected chi connectivity index (χ1v) is 5.59. The van der Waals surface area contributed by atoms with Crippen molar-refractivity contribution in [3.8, 4) is 0 Å². The quantitative estimate of drug-likeness (QED) is 0.787. The van der Waals surface area contributed by atoms with Gasteiger partial charge in [0.2, 0.25) is 5.91 Å². The Balaban J connectivity index is 2.77. The van der Waals surface area contributed by atoms with E-state index >= 15 is 0 Å². The highest BCUT2D eigenvalue weighted by Gasteiger charge is 2.33. The average Bonchev–Trinajstić information content (AvgIpc) is 2.67. The number of hydrogen-bond donors (Lipinski definition) is 2. The van der Waals surface area contributed by atoms with Crippen LogP contribution in [0.15, 0.2) is 12.3 Å². The number of aryl methyl sites for hydroxylation is 1. The Morgan fingerprint density at radius 1 is 1.56 bits per heavy atom. The van der Waals surface area contributed by atoms with E-state index in [0.29, 0.717) is 12.4 Å². The lowest BCUT2D eigenvalue weighted by atomic mass is 9.81. The molecule has 1 aromatic rings. The minimum Gasteiger partial charge on any atom is -0.329 e. The molecule has 1 aromatic heterocycles. The molecule has 0 atom stereocenters. The van der Waals surface area contributed by atoms with Crippen LogP contribution in [0.5, 0.6) is 0 Å². The number of aromatic nitrogens is 2. The molecule has 1 heterocycles. The van der Waals surface area contributed by atoms with E-state index in [9.17, 15) is 4.79 Å². The van der Waals surface area contributed by atoms with Crippen molar-refractivity contribution in [1.82, 2.24) is 9.78 Å². The maximum Gasteiger partial charge on any atom is 0.233 e. The predicted molar refractivity (Wildman–Crippen MR) is 63.9 cm³/mol. The van der Waals surface area contributed by atoms with Gasteiger partial charge in [-0.25, -0.2) is 0 Å². The van der Waals surface area contributed by atoms with E-state index in [1.165, 1.54) is 0 Å². The summed E-state index contributed by atoms with van der Waals surface area (Å²) in [5.41, 5.74) is 5.23. The first-order valence-electron chi connectivity index (χ1n) is 5.59. The Bertz CT molecular complexity index is 346. The molecule has 0 aromatic carbocycles. The van der Waals surface area contributed by atoms with Crippen molar-refractivity contribution in [2.45, 2.75) is 26.7 Å². The molecule has 1 rings (SSSR count). The van der Waals surface area contributed by atoms with Gasteiger partial charge in [0.25, 0.3) is 0 Å². The molecule has 16 heavy (non-hydrogen) atoms. The van der Waals surface area contributed by atoms with E-state index in [1.54, 1.807) is 16.9 Å². The summed E-state index contributed by atoms with van der Waals surface area (Å²) < 4.78 is 1.65. The van der Waals surface area contributed by atoms with Gasteiger partial charge in [0, 0.05) is 25.9 Å². The zero-order chi connectivity index (χ0) is 12.2. The molecule has 0 aliphatic heterocycles. The lowest BCUT2D eigenvalue weighted by molar-refractivity contribution is -0.125. The van der Waals surface area contributed by atoms with Crippen molar-refractivity contribution >= 4 is 11.7 Å². The Morgan fingerprint density at radius 2 is 2.19 bits per heavy atom. The van der Waals surface area contributed by atoms with Gasteiger partial charge in [-0.2, -0.15) is 5.10 Å². The zero-order valence-electron chi connectivity index (χ0n) is 10.2. The van der Waals surface area contributed by atoms with E-state index in [4.69, 9.17) is 5.73 Å². The van der Waals surface area contributed by atoms with Crippen LogP contribution in [0.1, 0.15) is 26.7 Å². The van der Waals surface area contributed by atoms with Gasteiger partial charge < -0.3 is 11.1 Å². The lowest BCUT2D eigenvalue weighted by Gasteiger charge is -2.27. The van der Waals surface area contributed by atoms with E-state index in [2.05, 4.69) is 10.4 Å². The topological polar surface area (TPSA) is 72.9 Å². The third-order valence-electron chi connectivity index (χ3n) is 3.18. The van der Waals surface area contributed by atoms with Crippen molar-refractivity contribution in [3.63, 3.8) is 0 Å². The van der Waals surface area contributed by atoms with Crippen LogP contribution in [0, 0.1) is 5.41 Å². The number of nitrogens with one attached hydrogen (secondary N) is 1. The molecule has 0 spiro atoms. The Labute approximate surface area is 96.0 Å². The van der Waals surface area contributed by atoms with Crippen LogP contribution in [0.25, 0.3) is 0 Å². The van der Waals surface area contributed by atoms with Crippen LogP contribution < -0.4 is 11.1 Å². The summed E-state index contributed by atoms with van der Waals surface area (Å²) in [6, 6.07) is 1.77. The smallest absolute Gasteiger partial charge is 0.233 e. The maximum absolute atomic E-state index is 12.1. The molecule has 3 N–H and O–H groups in total. The Kier molecular flexibility index (Phi) is 4.06. The highest BCUT2D eigenvalue weighted by molar-refractivity contribution is 5.94. The fourth-order valence-electron chi connectivity index (χ4n) is 1.68. The summed E-state index contributed by atoms with van der Waals surface area (Å²) in [5.74, 6) is 0.533. The van der Waals surface area contributed by atoms with Crippen LogP contribution in [-0.2, 0) is 11.8 Å². The minimum absolute atomic E-state index is 0.0429. The van der Waals surface area contributed by atoms with Gasteiger partial charge in [0.1, 0.15) is 0 Å². The van der Waals surface area contributed by atoms with Gasteiger partial charge in [0.05, 0.1) is 5.41 Å². The Hall–Kier alpha value is -1.36. The molecule has 0 aliphatic carbocycles. The zero-order valence-corrected chi connectivity index (χ0v) is 10.2. The highest BCUT2D eigenvalue weighted by Crippen LogP contribution is 2.26. The monoisotopic (exact) mass is 224 g/mol. The van der Waals surface area contributed by atoms with Gasteiger partial charge in [-0.3, -0.25) is 9.48 Å². The fourth-order valence-corrected chi connectivity index (χ4v) is 1.68.